The van der Waals surface area contributed by atoms with Crippen molar-refractivity contribution in [3.8, 4) is 5.75 Å². The number of halogens is 3. The number of carboxylic acids is 1. The van der Waals surface area contributed by atoms with Crippen LogP contribution in [0.3, 0.4) is 0 Å². The summed E-state index contributed by atoms with van der Waals surface area (Å²) in [7, 11) is 0. The molecule has 0 fully saturated rings. The molecule has 27 heavy (non-hydrogen) atoms. The van der Waals surface area contributed by atoms with E-state index in [1.54, 1.807) is 6.07 Å². The summed E-state index contributed by atoms with van der Waals surface area (Å²) >= 11 is 0. The molecule has 0 spiro atoms. The van der Waals surface area contributed by atoms with Crippen molar-refractivity contribution < 1.29 is 33.0 Å². The van der Waals surface area contributed by atoms with Gasteiger partial charge in [0.2, 0.25) is 0 Å². The Morgan fingerprint density at radius 3 is 2.33 bits per heavy atom. The number of amides is 1. The van der Waals surface area contributed by atoms with Crippen LogP contribution in [0.1, 0.15) is 45.7 Å². The SMILES string of the molecule is CC(C)Cc1ccc(O)c(C(=O)Nc2ccc(C(=O)O)cc2C(F)(F)F)c1. The predicted octanol–water partition coefficient (Wildman–Crippen LogP) is 4.56. The molecule has 0 saturated heterocycles. The van der Waals surface area contributed by atoms with Gasteiger partial charge in [0.25, 0.3) is 5.91 Å². The van der Waals surface area contributed by atoms with Crippen LogP contribution in [0.25, 0.3) is 0 Å². The van der Waals surface area contributed by atoms with Crippen LogP contribution in [-0.4, -0.2) is 22.1 Å². The summed E-state index contributed by atoms with van der Waals surface area (Å²) in [5, 5.41) is 20.9. The van der Waals surface area contributed by atoms with Crippen molar-refractivity contribution in [1.29, 1.82) is 0 Å². The number of aromatic carboxylic acids is 1. The van der Waals surface area contributed by atoms with Crippen molar-refractivity contribution in [1.82, 2.24) is 0 Å². The van der Waals surface area contributed by atoms with E-state index in [4.69, 9.17) is 5.11 Å². The fourth-order valence-electron chi connectivity index (χ4n) is 2.57. The van der Waals surface area contributed by atoms with E-state index in [1.807, 2.05) is 13.8 Å². The van der Waals surface area contributed by atoms with Crippen LogP contribution in [0.15, 0.2) is 36.4 Å². The van der Waals surface area contributed by atoms with Gasteiger partial charge in [0.1, 0.15) is 5.75 Å². The Morgan fingerprint density at radius 2 is 1.78 bits per heavy atom. The Kier molecular flexibility index (Phi) is 5.78. The second-order valence-electron chi connectivity index (χ2n) is 6.47. The van der Waals surface area contributed by atoms with E-state index in [1.165, 1.54) is 12.1 Å². The van der Waals surface area contributed by atoms with Crippen molar-refractivity contribution in [2.45, 2.75) is 26.4 Å². The first-order valence-corrected chi connectivity index (χ1v) is 8.06. The average molecular weight is 381 g/mol. The number of nitrogens with one attached hydrogen (secondary N) is 1. The molecule has 3 N–H and O–H groups in total. The monoisotopic (exact) mass is 381 g/mol. The Labute approximate surface area is 153 Å². The number of carboxylic acid groups (broad SMARTS) is 1. The maximum absolute atomic E-state index is 13.2. The van der Waals surface area contributed by atoms with E-state index in [-0.39, 0.29) is 17.2 Å². The molecule has 0 saturated carbocycles. The molecule has 0 aliphatic heterocycles. The number of alkyl halides is 3. The van der Waals surface area contributed by atoms with Crippen molar-refractivity contribution in [2.24, 2.45) is 5.92 Å². The largest absolute Gasteiger partial charge is 0.507 e. The van der Waals surface area contributed by atoms with Crippen LogP contribution >= 0.6 is 0 Å². The zero-order valence-electron chi connectivity index (χ0n) is 14.6. The van der Waals surface area contributed by atoms with E-state index >= 15 is 0 Å². The first-order valence-electron chi connectivity index (χ1n) is 8.06. The van der Waals surface area contributed by atoms with Crippen LogP contribution < -0.4 is 5.32 Å². The predicted molar refractivity (Wildman–Crippen MR) is 93.0 cm³/mol. The molecule has 0 aliphatic carbocycles. The summed E-state index contributed by atoms with van der Waals surface area (Å²) in [5.41, 5.74) is -1.84. The number of phenolic OH excluding ortho intramolecular Hbond substituents is 1. The lowest BCUT2D eigenvalue weighted by molar-refractivity contribution is -0.136. The smallest absolute Gasteiger partial charge is 0.418 e. The van der Waals surface area contributed by atoms with Gasteiger partial charge in [0.05, 0.1) is 22.4 Å². The molecule has 0 radical (unpaired) electrons. The third-order valence-corrected chi connectivity index (χ3v) is 3.77. The summed E-state index contributed by atoms with van der Waals surface area (Å²) in [4.78, 5) is 23.3. The Balaban J connectivity index is 2.39. The highest BCUT2D eigenvalue weighted by atomic mass is 19.4. The highest BCUT2D eigenvalue weighted by Gasteiger charge is 2.35. The number of carbonyl (C=O) groups excluding carboxylic acids is 1. The van der Waals surface area contributed by atoms with Crippen molar-refractivity contribution >= 4 is 17.6 Å². The molecule has 0 atom stereocenters. The molecule has 1 amide bonds. The summed E-state index contributed by atoms with van der Waals surface area (Å²) < 4.78 is 39.7. The lowest BCUT2D eigenvalue weighted by atomic mass is 10.00. The van der Waals surface area contributed by atoms with Gasteiger partial charge in [-0.15, -0.1) is 0 Å². The number of anilines is 1. The fourth-order valence-corrected chi connectivity index (χ4v) is 2.57. The molecule has 0 bridgehead atoms. The quantitative estimate of drug-likeness (QED) is 0.709. The normalized spacial score (nSPS) is 11.5. The number of rotatable bonds is 5. The number of hydrogen-bond acceptors (Lipinski definition) is 3. The van der Waals surface area contributed by atoms with Gasteiger partial charge in [-0.1, -0.05) is 19.9 Å². The molecule has 0 aromatic heterocycles. The topological polar surface area (TPSA) is 86.6 Å². The number of benzene rings is 2. The fraction of sp³-hybridized carbons (Fsp3) is 0.263. The summed E-state index contributed by atoms with van der Waals surface area (Å²) in [6, 6.07) is 6.65. The van der Waals surface area contributed by atoms with Gasteiger partial charge in [0, 0.05) is 0 Å². The van der Waals surface area contributed by atoms with Gasteiger partial charge in [-0.05, 0) is 48.2 Å². The maximum atomic E-state index is 13.2. The van der Waals surface area contributed by atoms with Crippen molar-refractivity contribution in [3.63, 3.8) is 0 Å². The second-order valence-corrected chi connectivity index (χ2v) is 6.47. The molecule has 144 valence electrons. The zero-order valence-corrected chi connectivity index (χ0v) is 14.6. The molecule has 8 heteroatoms. The molecule has 0 aliphatic rings. The number of hydrogen-bond donors (Lipinski definition) is 3. The number of carbonyl (C=O) groups is 2. The molecule has 2 rings (SSSR count). The molecule has 2 aromatic rings. The van der Waals surface area contributed by atoms with E-state index in [0.29, 0.717) is 12.5 Å². The minimum Gasteiger partial charge on any atom is -0.507 e. The van der Waals surface area contributed by atoms with Gasteiger partial charge < -0.3 is 15.5 Å². The molecule has 0 unspecified atom stereocenters. The minimum absolute atomic E-state index is 0.163. The third kappa shape index (κ3) is 4.99. The highest BCUT2D eigenvalue weighted by Crippen LogP contribution is 2.36. The van der Waals surface area contributed by atoms with Crippen LogP contribution in [-0.2, 0) is 12.6 Å². The molecule has 2 aromatic carbocycles. The minimum atomic E-state index is -4.87. The highest BCUT2D eigenvalue weighted by molar-refractivity contribution is 6.06. The van der Waals surface area contributed by atoms with Crippen LogP contribution in [0.4, 0.5) is 18.9 Å². The van der Waals surface area contributed by atoms with Crippen LogP contribution in [0.5, 0.6) is 5.75 Å². The molecule has 0 heterocycles. The second kappa shape index (κ2) is 7.69. The average Bonchev–Trinajstić information content (AvgIpc) is 2.55. The van der Waals surface area contributed by atoms with Gasteiger partial charge in [-0.25, -0.2) is 4.79 Å². The Bertz CT molecular complexity index is 876. The van der Waals surface area contributed by atoms with Gasteiger partial charge in [-0.2, -0.15) is 13.2 Å². The van der Waals surface area contributed by atoms with E-state index < -0.39 is 34.9 Å². The van der Waals surface area contributed by atoms with Gasteiger partial charge in [0.15, 0.2) is 0 Å². The Morgan fingerprint density at radius 1 is 1.11 bits per heavy atom. The molecular formula is C19H18F3NO4. The van der Waals surface area contributed by atoms with Crippen molar-refractivity contribution in [2.75, 3.05) is 5.32 Å². The van der Waals surface area contributed by atoms with E-state index in [0.717, 1.165) is 17.7 Å². The van der Waals surface area contributed by atoms with Crippen molar-refractivity contribution in [3.05, 3.63) is 58.7 Å². The van der Waals surface area contributed by atoms with E-state index in [9.17, 15) is 27.9 Å². The third-order valence-electron chi connectivity index (χ3n) is 3.77. The lowest BCUT2D eigenvalue weighted by Crippen LogP contribution is -2.18. The standard InChI is InChI=1S/C19H18F3NO4/c1-10(2)7-11-3-6-16(24)13(8-11)17(25)23-15-5-4-12(18(26)27)9-14(15)19(20,21)22/h3-6,8-10,24H,7H2,1-2H3,(H,23,25)(H,26,27). The lowest BCUT2D eigenvalue weighted by Gasteiger charge is -2.15. The number of phenols is 1. The maximum Gasteiger partial charge on any atom is 0.418 e. The summed E-state index contributed by atoms with van der Waals surface area (Å²) in [6.07, 6.45) is -4.24. The zero-order chi connectivity index (χ0) is 20.4. The molecular weight excluding hydrogens is 363 g/mol. The Hall–Kier alpha value is -3.03. The van der Waals surface area contributed by atoms with E-state index in [2.05, 4.69) is 5.32 Å². The van der Waals surface area contributed by atoms with Gasteiger partial charge in [-0.3, -0.25) is 4.79 Å². The van der Waals surface area contributed by atoms with Crippen LogP contribution in [0.2, 0.25) is 0 Å². The first kappa shape index (κ1) is 20.3. The first-order chi connectivity index (χ1) is 12.5. The number of aromatic hydroxyl groups is 1. The summed E-state index contributed by atoms with van der Waals surface area (Å²) in [5.74, 6) is -2.52. The van der Waals surface area contributed by atoms with Gasteiger partial charge >= 0.3 is 12.1 Å². The molecule has 5 nitrogen and oxygen atoms in total. The summed E-state index contributed by atoms with van der Waals surface area (Å²) in [6.45, 7) is 3.93. The van der Waals surface area contributed by atoms with Crippen LogP contribution in [0, 0.1) is 5.92 Å².